The van der Waals surface area contributed by atoms with E-state index >= 15 is 0 Å². The summed E-state index contributed by atoms with van der Waals surface area (Å²) in [6, 6.07) is 0. The quantitative estimate of drug-likeness (QED) is 0.152. The lowest BCUT2D eigenvalue weighted by atomic mass is 10.0. The number of hydrogen-bond acceptors (Lipinski definition) is 3. The Bertz CT molecular complexity index is 345. The van der Waals surface area contributed by atoms with E-state index in [-0.39, 0.29) is 12.3 Å². The lowest BCUT2D eigenvalue weighted by molar-refractivity contribution is -0.145. The third-order valence-corrected chi connectivity index (χ3v) is 4.96. The first-order valence-corrected chi connectivity index (χ1v) is 11.6. The molecule has 0 aromatic carbocycles. The van der Waals surface area contributed by atoms with E-state index < -0.39 is 5.97 Å². The van der Waals surface area contributed by atoms with Crippen LogP contribution in [0.1, 0.15) is 123 Å². The molecule has 4 heteroatoms. The Hall–Kier alpha value is -1.06. The van der Waals surface area contributed by atoms with Gasteiger partial charge in [0.25, 0.3) is 0 Å². The van der Waals surface area contributed by atoms with Gasteiger partial charge in [0, 0.05) is 6.54 Å². The SMILES string of the molecule is CCCCCCCCCCCCCCCCCCNC(=O)CC(=O)OCC. The summed E-state index contributed by atoms with van der Waals surface area (Å²) in [5.74, 6) is -0.670. The molecule has 1 amide bonds. The van der Waals surface area contributed by atoms with Gasteiger partial charge in [-0.3, -0.25) is 9.59 Å². The van der Waals surface area contributed by atoms with Crippen molar-refractivity contribution in [3.05, 3.63) is 0 Å². The van der Waals surface area contributed by atoms with Crippen LogP contribution in [0.2, 0.25) is 0 Å². The molecule has 0 unspecified atom stereocenters. The zero-order valence-corrected chi connectivity index (χ0v) is 18.2. The molecule has 0 fully saturated rings. The Balaban J connectivity index is 3.14. The molecule has 0 radical (unpaired) electrons. The van der Waals surface area contributed by atoms with Gasteiger partial charge >= 0.3 is 5.97 Å². The molecule has 0 atom stereocenters. The average molecular weight is 384 g/mol. The van der Waals surface area contributed by atoms with Crippen molar-refractivity contribution in [2.45, 2.75) is 123 Å². The predicted octanol–water partition coefficient (Wildman–Crippen LogP) is 6.32. The van der Waals surface area contributed by atoms with E-state index in [1.54, 1.807) is 6.92 Å². The first kappa shape index (κ1) is 25.9. The van der Waals surface area contributed by atoms with E-state index in [0.29, 0.717) is 13.2 Å². The molecule has 0 aliphatic carbocycles. The molecule has 0 aliphatic heterocycles. The number of carbonyl (C=O) groups excluding carboxylic acids is 2. The zero-order chi connectivity index (χ0) is 20.0. The summed E-state index contributed by atoms with van der Waals surface area (Å²) in [6.07, 6.45) is 21.3. The monoisotopic (exact) mass is 383 g/mol. The van der Waals surface area contributed by atoms with Gasteiger partial charge in [0.05, 0.1) is 6.61 Å². The van der Waals surface area contributed by atoms with Crippen LogP contribution in [0.15, 0.2) is 0 Å². The molecule has 0 spiro atoms. The first-order valence-electron chi connectivity index (χ1n) is 11.6. The van der Waals surface area contributed by atoms with E-state index in [2.05, 4.69) is 12.2 Å². The van der Waals surface area contributed by atoms with E-state index in [1.807, 2.05) is 0 Å². The normalized spacial score (nSPS) is 10.7. The molecule has 0 aliphatic rings. The van der Waals surface area contributed by atoms with Gasteiger partial charge in [0.2, 0.25) is 5.91 Å². The summed E-state index contributed by atoms with van der Waals surface area (Å²) in [4.78, 5) is 22.6. The van der Waals surface area contributed by atoms with Crippen LogP contribution >= 0.6 is 0 Å². The third kappa shape index (κ3) is 21.1. The van der Waals surface area contributed by atoms with Crippen molar-refractivity contribution in [1.29, 1.82) is 0 Å². The number of hydrogen-bond donors (Lipinski definition) is 1. The fourth-order valence-corrected chi connectivity index (χ4v) is 3.31. The highest BCUT2D eigenvalue weighted by Gasteiger charge is 2.08. The molecule has 4 nitrogen and oxygen atoms in total. The molecule has 0 aromatic heterocycles. The van der Waals surface area contributed by atoms with Gasteiger partial charge < -0.3 is 10.1 Å². The maximum absolute atomic E-state index is 11.5. The lowest BCUT2D eigenvalue weighted by Gasteiger charge is -2.05. The molecule has 0 saturated heterocycles. The highest BCUT2D eigenvalue weighted by Crippen LogP contribution is 2.13. The smallest absolute Gasteiger partial charge is 0.315 e. The fourth-order valence-electron chi connectivity index (χ4n) is 3.31. The van der Waals surface area contributed by atoms with Gasteiger partial charge in [-0.1, -0.05) is 103 Å². The Labute approximate surface area is 168 Å². The van der Waals surface area contributed by atoms with Gasteiger partial charge in [0.15, 0.2) is 0 Å². The lowest BCUT2D eigenvalue weighted by Crippen LogP contribution is -2.27. The van der Waals surface area contributed by atoms with Crippen LogP contribution in [-0.4, -0.2) is 25.0 Å². The van der Waals surface area contributed by atoms with Crippen LogP contribution in [0.25, 0.3) is 0 Å². The Morgan fingerprint density at radius 3 is 1.44 bits per heavy atom. The number of ether oxygens (including phenoxy) is 1. The van der Waals surface area contributed by atoms with Crippen molar-refractivity contribution in [2.24, 2.45) is 0 Å². The number of unbranched alkanes of at least 4 members (excludes halogenated alkanes) is 15. The first-order chi connectivity index (χ1) is 13.2. The van der Waals surface area contributed by atoms with Crippen molar-refractivity contribution < 1.29 is 14.3 Å². The molecule has 0 saturated carbocycles. The second kappa shape index (κ2) is 21.2. The molecule has 160 valence electrons. The van der Waals surface area contributed by atoms with Gasteiger partial charge in [-0.2, -0.15) is 0 Å². The molecular formula is C23H45NO3. The fraction of sp³-hybridized carbons (Fsp3) is 0.913. The maximum atomic E-state index is 11.5. The van der Waals surface area contributed by atoms with Crippen LogP contribution in [0.3, 0.4) is 0 Å². The average Bonchev–Trinajstić information content (AvgIpc) is 2.64. The Morgan fingerprint density at radius 1 is 0.630 bits per heavy atom. The van der Waals surface area contributed by atoms with Gasteiger partial charge in [-0.05, 0) is 13.3 Å². The number of esters is 1. The minimum atomic E-state index is -0.443. The van der Waals surface area contributed by atoms with E-state index in [1.165, 1.54) is 89.9 Å². The predicted molar refractivity (Wildman–Crippen MR) is 114 cm³/mol. The largest absolute Gasteiger partial charge is 0.466 e. The molecular weight excluding hydrogens is 338 g/mol. The zero-order valence-electron chi connectivity index (χ0n) is 18.2. The van der Waals surface area contributed by atoms with Crippen LogP contribution in [0.4, 0.5) is 0 Å². The minimum absolute atomic E-state index is 0.160. The maximum Gasteiger partial charge on any atom is 0.315 e. The van der Waals surface area contributed by atoms with Gasteiger partial charge in [-0.25, -0.2) is 0 Å². The summed E-state index contributed by atoms with van der Waals surface area (Å²) < 4.78 is 4.75. The third-order valence-electron chi connectivity index (χ3n) is 4.96. The Morgan fingerprint density at radius 2 is 1.04 bits per heavy atom. The summed E-state index contributed by atoms with van der Waals surface area (Å²) in [5.41, 5.74) is 0. The number of carbonyl (C=O) groups is 2. The molecule has 27 heavy (non-hydrogen) atoms. The molecule has 0 heterocycles. The Kier molecular flexibility index (Phi) is 20.4. The van der Waals surface area contributed by atoms with Crippen molar-refractivity contribution in [3.63, 3.8) is 0 Å². The van der Waals surface area contributed by atoms with E-state index in [0.717, 1.165) is 12.8 Å². The van der Waals surface area contributed by atoms with Crippen LogP contribution in [0, 0.1) is 0 Å². The summed E-state index contributed by atoms with van der Waals surface area (Å²) in [7, 11) is 0. The van der Waals surface area contributed by atoms with Crippen LogP contribution in [0.5, 0.6) is 0 Å². The highest BCUT2D eigenvalue weighted by atomic mass is 16.5. The molecule has 0 aromatic rings. The standard InChI is InChI=1S/C23H45NO3/c1-3-5-6-7-8-9-10-11-12-13-14-15-16-17-18-19-20-24-22(25)21-23(26)27-4-2/h3-21H2,1-2H3,(H,24,25). The van der Waals surface area contributed by atoms with Crippen LogP contribution < -0.4 is 5.32 Å². The number of nitrogens with one attached hydrogen (secondary N) is 1. The molecule has 0 bridgehead atoms. The van der Waals surface area contributed by atoms with Crippen molar-refractivity contribution in [3.8, 4) is 0 Å². The van der Waals surface area contributed by atoms with Gasteiger partial charge in [-0.15, -0.1) is 0 Å². The summed E-state index contributed by atoms with van der Waals surface area (Å²) >= 11 is 0. The number of amides is 1. The van der Waals surface area contributed by atoms with Crippen molar-refractivity contribution in [2.75, 3.05) is 13.2 Å². The molecule has 0 rings (SSSR count). The summed E-state index contributed by atoms with van der Waals surface area (Å²) in [5, 5.41) is 2.78. The van der Waals surface area contributed by atoms with Crippen LogP contribution in [-0.2, 0) is 14.3 Å². The topological polar surface area (TPSA) is 55.4 Å². The van der Waals surface area contributed by atoms with E-state index in [4.69, 9.17) is 4.74 Å². The van der Waals surface area contributed by atoms with Crippen molar-refractivity contribution in [1.82, 2.24) is 5.32 Å². The minimum Gasteiger partial charge on any atom is -0.466 e. The van der Waals surface area contributed by atoms with E-state index in [9.17, 15) is 9.59 Å². The molecule has 1 N–H and O–H groups in total. The summed E-state index contributed by atoms with van der Waals surface area (Å²) in [6.45, 7) is 5.00. The second-order valence-corrected chi connectivity index (χ2v) is 7.64. The highest BCUT2D eigenvalue weighted by molar-refractivity contribution is 5.94. The van der Waals surface area contributed by atoms with Crippen molar-refractivity contribution >= 4 is 11.9 Å². The second-order valence-electron chi connectivity index (χ2n) is 7.64. The van der Waals surface area contributed by atoms with Gasteiger partial charge in [0.1, 0.15) is 6.42 Å². The number of rotatable bonds is 20.